The summed E-state index contributed by atoms with van der Waals surface area (Å²) in [5, 5.41) is 3.32. The Morgan fingerprint density at radius 1 is 1.09 bits per heavy atom. The zero-order valence-corrected chi connectivity index (χ0v) is 12.4. The number of nitrogens with one attached hydrogen (secondary N) is 1. The van der Waals surface area contributed by atoms with Gasteiger partial charge in [-0.3, -0.25) is 4.40 Å². The van der Waals surface area contributed by atoms with Gasteiger partial charge in [-0.15, -0.1) is 0 Å². The predicted molar refractivity (Wildman–Crippen MR) is 89.1 cm³/mol. The predicted octanol–water partition coefficient (Wildman–Crippen LogP) is 3.68. The number of nitrogens with zero attached hydrogens (tertiary/aromatic N) is 3. The van der Waals surface area contributed by atoms with Gasteiger partial charge in [-0.2, -0.15) is 0 Å². The molecule has 0 radical (unpaired) electrons. The van der Waals surface area contributed by atoms with E-state index in [1.807, 2.05) is 28.8 Å². The minimum atomic E-state index is -0.292. The van der Waals surface area contributed by atoms with Gasteiger partial charge in [-0.05, 0) is 24.1 Å². The van der Waals surface area contributed by atoms with Crippen LogP contribution >= 0.6 is 0 Å². The summed E-state index contributed by atoms with van der Waals surface area (Å²) in [6, 6.07) is 14.8. The van der Waals surface area contributed by atoms with Crippen molar-refractivity contribution in [1.29, 1.82) is 0 Å². The molecule has 0 unspecified atom stereocenters. The molecule has 0 amide bonds. The Hall–Kier alpha value is -2.95. The second-order valence-corrected chi connectivity index (χ2v) is 5.38. The Morgan fingerprint density at radius 3 is 2.83 bits per heavy atom. The van der Waals surface area contributed by atoms with Crippen LogP contribution in [0.3, 0.4) is 0 Å². The van der Waals surface area contributed by atoms with E-state index in [1.54, 1.807) is 12.3 Å². The summed E-state index contributed by atoms with van der Waals surface area (Å²) < 4.78 is 15.4. The number of fused-ring (bicyclic) bond motifs is 3. The third kappa shape index (κ3) is 2.61. The molecule has 0 saturated carbocycles. The number of imidazole rings is 1. The fourth-order valence-corrected chi connectivity index (χ4v) is 2.72. The summed E-state index contributed by atoms with van der Waals surface area (Å²) in [7, 11) is 0. The summed E-state index contributed by atoms with van der Waals surface area (Å²) in [6.07, 6.45) is 4.47. The van der Waals surface area contributed by atoms with Crippen LogP contribution in [0.1, 0.15) is 5.56 Å². The van der Waals surface area contributed by atoms with Crippen LogP contribution in [0, 0.1) is 5.82 Å². The monoisotopic (exact) mass is 306 g/mol. The summed E-state index contributed by atoms with van der Waals surface area (Å²) in [4.78, 5) is 8.89. The molecule has 4 rings (SSSR count). The Labute approximate surface area is 132 Å². The largest absolute Gasteiger partial charge is 0.367 e. The van der Waals surface area contributed by atoms with Gasteiger partial charge in [0.25, 0.3) is 0 Å². The van der Waals surface area contributed by atoms with Gasteiger partial charge in [0.05, 0.1) is 11.0 Å². The number of benzene rings is 2. The minimum absolute atomic E-state index is 0.292. The maximum atomic E-state index is 13.5. The zero-order chi connectivity index (χ0) is 15.6. The number of rotatable bonds is 4. The lowest BCUT2D eigenvalue weighted by atomic mass is 10.1. The average molecular weight is 306 g/mol. The topological polar surface area (TPSA) is 42.2 Å². The maximum absolute atomic E-state index is 13.5. The van der Waals surface area contributed by atoms with Crippen LogP contribution in [0.25, 0.3) is 16.7 Å². The van der Waals surface area contributed by atoms with Crippen molar-refractivity contribution in [2.45, 2.75) is 6.42 Å². The zero-order valence-electron chi connectivity index (χ0n) is 12.4. The molecule has 0 saturated heterocycles. The lowest BCUT2D eigenvalue weighted by Gasteiger charge is -2.10. The third-order valence-electron chi connectivity index (χ3n) is 3.83. The number of hydrogen-bond acceptors (Lipinski definition) is 3. The minimum Gasteiger partial charge on any atom is -0.367 e. The van der Waals surface area contributed by atoms with E-state index >= 15 is 0 Å². The van der Waals surface area contributed by atoms with E-state index in [-0.39, 0.29) is 5.82 Å². The second-order valence-electron chi connectivity index (χ2n) is 5.38. The van der Waals surface area contributed by atoms with Gasteiger partial charge < -0.3 is 5.32 Å². The smallest absolute Gasteiger partial charge is 0.180 e. The number of halogens is 1. The van der Waals surface area contributed by atoms with Gasteiger partial charge in [-0.1, -0.05) is 30.3 Å². The first-order valence-corrected chi connectivity index (χ1v) is 7.51. The van der Waals surface area contributed by atoms with Gasteiger partial charge in [0, 0.05) is 25.0 Å². The van der Waals surface area contributed by atoms with Gasteiger partial charge in [0.2, 0.25) is 0 Å². The fraction of sp³-hybridized carbons (Fsp3) is 0.111. The van der Waals surface area contributed by atoms with Crippen molar-refractivity contribution in [2.75, 3.05) is 11.9 Å². The molecule has 4 nitrogen and oxygen atoms in total. The van der Waals surface area contributed by atoms with Crippen LogP contribution in [0.2, 0.25) is 0 Å². The van der Waals surface area contributed by atoms with Crippen molar-refractivity contribution in [3.05, 3.63) is 72.3 Å². The van der Waals surface area contributed by atoms with E-state index in [0.717, 1.165) is 24.1 Å². The third-order valence-corrected chi connectivity index (χ3v) is 3.83. The van der Waals surface area contributed by atoms with E-state index in [1.165, 1.54) is 17.7 Å². The van der Waals surface area contributed by atoms with Crippen LogP contribution in [-0.2, 0) is 6.42 Å². The fourth-order valence-electron chi connectivity index (χ4n) is 2.72. The molecule has 2 heterocycles. The van der Waals surface area contributed by atoms with Crippen molar-refractivity contribution in [3.63, 3.8) is 0 Å². The first-order chi connectivity index (χ1) is 11.3. The van der Waals surface area contributed by atoms with Gasteiger partial charge >= 0.3 is 0 Å². The quantitative estimate of drug-likeness (QED) is 0.625. The molecule has 0 aliphatic carbocycles. The van der Waals surface area contributed by atoms with Gasteiger partial charge in [0.1, 0.15) is 5.82 Å². The Bertz CT molecular complexity index is 963. The Balaban J connectivity index is 1.66. The molecule has 0 spiro atoms. The van der Waals surface area contributed by atoms with Crippen LogP contribution in [0.5, 0.6) is 0 Å². The first kappa shape index (κ1) is 13.7. The summed E-state index contributed by atoms with van der Waals surface area (Å²) >= 11 is 0. The highest BCUT2D eigenvalue weighted by atomic mass is 19.1. The van der Waals surface area contributed by atoms with Crippen LogP contribution in [0.4, 0.5) is 10.2 Å². The number of anilines is 1. The molecule has 0 bridgehead atoms. The van der Waals surface area contributed by atoms with Crippen LogP contribution in [0.15, 0.2) is 60.9 Å². The normalized spacial score (nSPS) is 11.2. The maximum Gasteiger partial charge on any atom is 0.180 e. The van der Waals surface area contributed by atoms with Crippen molar-refractivity contribution in [3.8, 4) is 0 Å². The lowest BCUT2D eigenvalue weighted by Crippen LogP contribution is -2.08. The SMILES string of the molecule is Fc1ccc2c(c1)nc(NCCc1ccccc1)c1nccn12. The highest BCUT2D eigenvalue weighted by molar-refractivity contribution is 5.82. The number of hydrogen-bond donors (Lipinski definition) is 1. The molecule has 1 N–H and O–H groups in total. The summed E-state index contributed by atoms with van der Waals surface area (Å²) in [6.45, 7) is 0.736. The molecule has 2 aromatic carbocycles. The van der Waals surface area contributed by atoms with Crippen LogP contribution < -0.4 is 5.32 Å². The van der Waals surface area contributed by atoms with Crippen molar-refractivity contribution in [2.24, 2.45) is 0 Å². The molecular formula is C18H15FN4. The van der Waals surface area contributed by atoms with Crippen molar-refractivity contribution in [1.82, 2.24) is 14.4 Å². The molecule has 2 aromatic heterocycles. The van der Waals surface area contributed by atoms with Gasteiger partial charge in [-0.25, -0.2) is 14.4 Å². The summed E-state index contributed by atoms with van der Waals surface area (Å²) in [5.41, 5.74) is 3.45. The van der Waals surface area contributed by atoms with Crippen molar-refractivity contribution < 1.29 is 4.39 Å². The second kappa shape index (κ2) is 5.68. The van der Waals surface area contributed by atoms with E-state index in [2.05, 4.69) is 27.4 Å². The molecule has 0 aliphatic heterocycles. The molecule has 5 heteroatoms. The van der Waals surface area contributed by atoms with Crippen LogP contribution in [-0.4, -0.2) is 20.9 Å². The lowest BCUT2D eigenvalue weighted by molar-refractivity contribution is 0.629. The Kier molecular flexibility index (Phi) is 3.38. The first-order valence-electron chi connectivity index (χ1n) is 7.51. The average Bonchev–Trinajstić information content (AvgIpc) is 3.05. The molecule has 4 aromatic rings. The molecule has 0 fully saturated rings. The molecule has 114 valence electrons. The molecule has 0 atom stereocenters. The van der Waals surface area contributed by atoms with E-state index in [0.29, 0.717) is 11.3 Å². The standard InChI is InChI=1S/C18H15FN4/c19-14-6-7-16-15(12-14)22-17(18-21-10-11-23(16)18)20-9-8-13-4-2-1-3-5-13/h1-7,10-12H,8-9H2,(H,20,22). The summed E-state index contributed by atoms with van der Waals surface area (Å²) in [5.74, 6) is 0.378. The molecule has 0 aliphatic rings. The Morgan fingerprint density at radius 2 is 1.96 bits per heavy atom. The molecular weight excluding hydrogens is 291 g/mol. The highest BCUT2D eigenvalue weighted by Gasteiger charge is 2.09. The van der Waals surface area contributed by atoms with E-state index in [9.17, 15) is 4.39 Å². The van der Waals surface area contributed by atoms with Crippen molar-refractivity contribution >= 4 is 22.5 Å². The highest BCUT2D eigenvalue weighted by Crippen LogP contribution is 2.21. The molecule has 23 heavy (non-hydrogen) atoms. The van der Waals surface area contributed by atoms with E-state index in [4.69, 9.17) is 0 Å². The number of aromatic nitrogens is 3. The van der Waals surface area contributed by atoms with E-state index < -0.39 is 0 Å². The van der Waals surface area contributed by atoms with Gasteiger partial charge in [0.15, 0.2) is 11.5 Å².